The van der Waals surface area contributed by atoms with E-state index in [0.29, 0.717) is 10.7 Å². The van der Waals surface area contributed by atoms with Gasteiger partial charge in [-0.15, -0.1) is 0 Å². The van der Waals surface area contributed by atoms with Crippen molar-refractivity contribution < 1.29 is 9.72 Å². The highest BCUT2D eigenvalue weighted by Crippen LogP contribution is 2.20. The van der Waals surface area contributed by atoms with Gasteiger partial charge in [-0.25, -0.2) is 0 Å². The summed E-state index contributed by atoms with van der Waals surface area (Å²) in [6.07, 6.45) is 1.05. The topological polar surface area (TPSA) is 94.2 Å². The number of halogens is 1. The van der Waals surface area contributed by atoms with Crippen molar-refractivity contribution in [3.05, 3.63) is 67.1 Å². The third kappa shape index (κ3) is 3.95. The number of pyridine rings is 1. The Labute approximate surface area is 136 Å². The zero-order chi connectivity index (χ0) is 17.1. The van der Waals surface area contributed by atoms with E-state index < -0.39 is 16.4 Å². The number of carbonyl (C=O) groups is 1. The fraction of sp³-hybridized carbons (Fsp3) is 0.200. The van der Waals surface area contributed by atoms with Crippen LogP contribution in [0.15, 0.2) is 35.3 Å². The third-order valence-electron chi connectivity index (χ3n) is 3.23. The maximum absolute atomic E-state index is 12.0. The molecule has 1 aromatic carbocycles. The Balaban J connectivity index is 2.21. The molecule has 0 spiro atoms. The van der Waals surface area contributed by atoms with Crippen LogP contribution in [0.2, 0.25) is 5.02 Å². The van der Waals surface area contributed by atoms with Crippen LogP contribution in [-0.4, -0.2) is 15.4 Å². The minimum atomic E-state index is -0.611. The van der Waals surface area contributed by atoms with E-state index in [1.54, 1.807) is 18.2 Å². The average Bonchev–Trinajstić information content (AvgIpc) is 2.47. The highest BCUT2D eigenvalue weighted by Gasteiger charge is 2.13. The number of anilines is 1. The molecular weight excluding hydrogens is 322 g/mol. The number of hydrogen-bond donors (Lipinski definition) is 1. The zero-order valence-corrected chi connectivity index (χ0v) is 13.3. The summed E-state index contributed by atoms with van der Waals surface area (Å²) in [7, 11) is 0. The smallest absolute Gasteiger partial charge is 0.286 e. The van der Waals surface area contributed by atoms with Crippen molar-refractivity contribution >= 4 is 28.9 Å². The first-order valence-electron chi connectivity index (χ1n) is 6.69. The number of nitro groups is 1. The molecule has 2 rings (SSSR count). The molecule has 0 bridgehead atoms. The van der Waals surface area contributed by atoms with Crippen molar-refractivity contribution in [1.82, 2.24) is 4.57 Å². The molecule has 0 saturated heterocycles. The van der Waals surface area contributed by atoms with E-state index in [9.17, 15) is 19.7 Å². The molecule has 0 unspecified atom stereocenters. The normalized spacial score (nSPS) is 10.4. The maximum Gasteiger partial charge on any atom is 0.286 e. The highest BCUT2D eigenvalue weighted by molar-refractivity contribution is 6.31. The molecule has 1 amide bonds. The number of rotatable bonds is 4. The SMILES string of the molecule is Cc1ccc(NC(=O)Cn2cc([N+](=O)[O-])cc(C)c2=O)cc1Cl. The van der Waals surface area contributed by atoms with Crippen LogP contribution >= 0.6 is 11.6 Å². The molecule has 0 aliphatic rings. The van der Waals surface area contributed by atoms with Gasteiger partial charge in [0.2, 0.25) is 5.91 Å². The number of aryl methyl sites for hydroxylation is 2. The van der Waals surface area contributed by atoms with Gasteiger partial charge in [-0.05, 0) is 31.5 Å². The molecule has 0 saturated carbocycles. The summed E-state index contributed by atoms with van der Waals surface area (Å²) in [6.45, 7) is 2.97. The van der Waals surface area contributed by atoms with Gasteiger partial charge in [0.05, 0.1) is 11.1 Å². The minimum absolute atomic E-state index is 0.199. The van der Waals surface area contributed by atoms with Crippen molar-refractivity contribution in [1.29, 1.82) is 0 Å². The van der Waals surface area contributed by atoms with Gasteiger partial charge in [0.15, 0.2) is 0 Å². The molecule has 0 atom stereocenters. The first-order valence-corrected chi connectivity index (χ1v) is 7.07. The number of amides is 1. The minimum Gasteiger partial charge on any atom is -0.324 e. The van der Waals surface area contributed by atoms with Crippen LogP contribution < -0.4 is 10.9 Å². The third-order valence-corrected chi connectivity index (χ3v) is 3.64. The molecule has 23 heavy (non-hydrogen) atoms. The summed E-state index contributed by atoms with van der Waals surface area (Å²) in [6, 6.07) is 6.20. The van der Waals surface area contributed by atoms with E-state index in [-0.39, 0.29) is 17.8 Å². The summed E-state index contributed by atoms with van der Waals surface area (Å²) in [4.78, 5) is 34.2. The quantitative estimate of drug-likeness (QED) is 0.686. The molecule has 2 aromatic rings. The summed E-state index contributed by atoms with van der Waals surface area (Å²) in [5.74, 6) is -0.480. The van der Waals surface area contributed by atoms with Gasteiger partial charge in [0, 0.05) is 22.3 Å². The number of carbonyl (C=O) groups excluding carboxylic acids is 1. The van der Waals surface area contributed by atoms with Crippen LogP contribution in [-0.2, 0) is 11.3 Å². The van der Waals surface area contributed by atoms with Gasteiger partial charge in [-0.2, -0.15) is 0 Å². The number of benzene rings is 1. The van der Waals surface area contributed by atoms with E-state index in [4.69, 9.17) is 11.6 Å². The van der Waals surface area contributed by atoms with Crippen molar-refractivity contribution in [3.8, 4) is 0 Å². The van der Waals surface area contributed by atoms with Crippen LogP contribution in [0.5, 0.6) is 0 Å². The molecule has 7 nitrogen and oxygen atoms in total. The van der Waals surface area contributed by atoms with E-state index in [1.165, 1.54) is 13.0 Å². The van der Waals surface area contributed by atoms with Gasteiger partial charge in [-0.1, -0.05) is 17.7 Å². The summed E-state index contributed by atoms with van der Waals surface area (Å²) in [5, 5.41) is 13.9. The Morgan fingerprint density at radius 3 is 2.61 bits per heavy atom. The van der Waals surface area contributed by atoms with Gasteiger partial charge in [0.1, 0.15) is 6.54 Å². The molecule has 1 aromatic heterocycles. The Morgan fingerprint density at radius 2 is 2.00 bits per heavy atom. The van der Waals surface area contributed by atoms with E-state index in [2.05, 4.69) is 5.32 Å². The number of aromatic nitrogens is 1. The average molecular weight is 336 g/mol. The standard InChI is InChI=1S/C15H14ClN3O4/c1-9-3-4-11(6-13(9)16)17-14(20)8-18-7-12(19(22)23)5-10(2)15(18)21/h3-7H,8H2,1-2H3,(H,17,20). The summed E-state index contributed by atoms with van der Waals surface area (Å²) >= 11 is 5.98. The number of nitrogens with zero attached hydrogens (tertiary/aromatic N) is 2. The predicted molar refractivity (Wildman–Crippen MR) is 86.9 cm³/mol. The first kappa shape index (κ1) is 16.7. The van der Waals surface area contributed by atoms with E-state index >= 15 is 0 Å². The second-order valence-electron chi connectivity index (χ2n) is 5.08. The number of hydrogen-bond acceptors (Lipinski definition) is 4. The fourth-order valence-electron chi connectivity index (χ4n) is 2.01. The molecule has 0 aliphatic carbocycles. The Hall–Kier alpha value is -2.67. The van der Waals surface area contributed by atoms with Crippen LogP contribution in [0.25, 0.3) is 0 Å². The Kier molecular flexibility index (Phi) is 4.80. The van der Waals surface area contributed by atoms with Gasteiger partial charge in [0.25, 0.3) is 11.2 Å². The predicted octanol–water partition coefficient (Wildman–Crippen LogP) is 2.67. The van der Waals surface area contributed by atoms with Gasteiger partial charge >= 0.3 is 0 Å². The van der Waals surface area contributed by atoms with Crippen molar-refractivity contribution in [2.75, 3.05) is 5.32 Å². The van der Waals surface area contributed by atoms with E-state index in [1.807, 2.05) is 6.92 Å². The van der Waals surface area contributed by atoms with Crippen LogP contribution in [0.1, 0.15) is 11.1 Å². The maximum atomic E-state index is 12.0. The second-order valence-corrected chi connectivity index (χ2v) is 5.49. The lowest BCUT2D eigenvalue weighted by molar-refractivity contribution is -0.385. The van der Waals surface area contributed by atoms with Crippen molar-refractivity contribution in [3.63, 3.8) is 0 Å². The Morgan fingerprint density at radius 1 is 1.30 bits per heavy atom. The molecule has 120 valence electrons. The molecule has 1 N–H and O–H groups in total. The largest absolute Gasteiger partial charge is 0.324 e. The van der Waals surface area contributed by atoms with Crippen LogP contribution in [0, 0.1) is 24.0 Å². The molecule has 1 heterocycles. The zero-order valence-electron chi connectivity index (χ0n) is 12.5. The molecule has 0 aliphatic heterocycles. The molecule has 8 heteroatoms. The lowest BCUT2D eigenvalue weighted by atomic mass is 10.2. The molecular formula is C15H14ClN3O4. The van der Waals surface area contributed by atoms with Crippen LogP contribution in [0.4, 0.5) is 11.4 Å². The lowest BCUT2D eigenvalue weighted by Gasteiger charge is -2.09. The van der Waals surface area contributed by atoms with Gasteiger partial charge in [-0.3, -0.25) is 24.3 Å². The van der Waals surface area contributed by atoms with Crippen LogP contribution in [0.3, 0.4) is 0 Å². The molecule has 0 fully saturated rings. The number of nitrogens with one attached hydrogen (secondary N) is 1. The van der Waals surface area contributed by atoms with Gasteiger partial charge < -0.3 is 5.32 Å². The van der Waals surface area contributed by atoms with E-state index in [0.717, 1.165) is 16.3 Å². The molecule has 0 radical (unpaired) electrons. The van der Waals surface area contributed by atoms with Crippen molar-refractivity contribution in [2.24, 2.45) is 0 Å². The summed E-state index contributed by atoms with van der Waals surface area (Å²) < 4.78 is 1.01. The monoisotopic (exact) mass is 335 g/mol. The first-order chi connectivity index (χ1) is 10.8. The summed E-state index contributed by atoms with van der Waals surface area (Å²) in [5.41, 5.74) is 0.863. The Bertz CT molecular complexity index is 845. The fourth-order valence-corrected chi connectivity index (χ4v) is 2.19. The second kappa shape index (κ2) is 6.62. The highest BCUT2D eigenvalue weighted by atomic mass is 35.5. The van der Waals surface area contributed by atoms with Crippen molar-refractivity contribution in [2.45, 2.75) is 20.4 Å². The lowest BCUT2D eigenvalue weighted by Crippen LogP contribution is -2.28.